The fourth-order valence-electron chi connectivity index (χ4n) is 1.62. The molecule has 6 heteroatoms. The van der Waals surface area contributed by atoms with Crippen LogP contribution >= 0.6 is 0 Å². The molecular weight excluding hydrogens is 198 g/mol. The van der Waals surface area contributed by atoms with Crippen molar-refractivity contribution >= 4 is 5.97 Å². The van der Waals surface area contributed by atoms with E-state index in [9.17, 15) is 4.79 Å². The number of aromatic nitrogens is 2. The Morgan fingerprint density at radius 1 is 1.67 bits per heavy atom. The van der Waals surface area contributed by atoms with Crippen LogP contribution in [0.5, 0.6) is 0 Å². The molecule has 1 aliphatic heterocycles. The van der Waals surface area contributed by atoms with E-state index in [0.717, 1.165) is 19.5 Å². The zero-order chi connectivity index (χ0) is 10.7. The predicted octanol–water partition coefficient (Wildman–Crippen LogP) is 0.164. The van der Waals surface area contributed by atoms with Gasteiger partial charge in [-0.1, -0.05) is 5.16 Å². The SMILES string of the molecule is O=C(O)CCc1noc(C2CCNC2)n1. The monoisotopic (exact) mass is 211 g/mol. The minimum atomic E-state index is -0.844. The van der Waals surface area contributed by atoms with Crippen LogP contribution in [0.4, 0.5) is 0 Å². The molecule has 0 aliphatic carbocycles. The number of nitrogens with zero attached hydrogens (tertiary/aromatic N) is 2. The highest BCUT2D eigenvalue weighted by molar-refractivity contribution is 5.66. The van der Waals surface area contributed by atoms with Crippen LogP contribution in [0, 0.1) is 0 Å². The smallest absolute Gasteiger partial charge is 0.303 e. The summed E-state index contributed by atoms with van der Waals surface area (Å²) in [6.45, 7) is 1.83. The van der Waals surface area contributed by atoms with E-state index < -0.39 is 5.97 Å². The maximum atomic E-state index is 10.3. The molecule has 1 unspecified atom stereocenters. The van der Waals surface area contributed by atoms with Crippen LogP contribution in [-0.2, 0) is 11.2 Å². The Bertz CT molecular complexity index is 344. The molecule has 1 atom stereocenters. The highest BCUT2D eigenvalue weighted by atomic mass is 16.5. The van der Waals surface area contributed by atoms with Crippen LogP contribution < -0.4 is 5.32 Å². The molecule has 6 nitrogen and oxygen atoms in total. The maximum absolute atomic E-state index is 10.3. The minimum Gasteiger partial charge on any atom is -0.481 e. The fraction of sp³-hybridized carbons (Fsp3) is 0.667. The Morgan fingerprint density at radius 2 is 2.53 bits per heavy atom. The molecule has 2 rings (SSSR count). The van der Waals surface area contributed by atoms with Crippen molar-refractivity contribution in [3.63, 3.8) is 0 Å². The second-order valence-corrected chi connectivity index (χ2v) is 3.63. The number of carboxylic acids is 1. The highest BCUT2D eigenvalue weighted by Gasteiger charge is 2.22. The van der Waals surface area contributed by atoms with Crippen LogP contribution in [0.3, 0.4) is 0 Å². The topological polar surface area (TPSA) is 88.2 Å². The third kappa shape index (κ3) is 2.53. The molecule has 1 aliphatic rings. The van der Waals surface area contributed by atoms with E-state index in [2.05, 4.69) is 15.5 Å². The summed E-state index contributed by atoms with van der Waals surface area (Å²) in [6.07, 6.45) is 1.38. The van der Waals surface area contributed by atoms with Gasteiger partial charge < -0.3 is 14.9 Å². The molecule has 0 bridgehead atoms. The quantitative estimate of drug-likeness (QED) is 0.737. The molecule has 1 fully saturated rings. The van der Waals surface area contributed by atoms with Crippen LogP contribution in [0.2, 0.25) is 0 Å². The highest BCUT2D eigenvalue weighted by Crippen LogP contribution is 2.20. The fourth-order valence-corrected chi connectivity index (χ4v) is 1.62. The summed E-state index contributed by atoms with van der Waals surface area (Å²) in [4.78, 5) is 14.5. The number of carbonyl (C=O) groups is 1. The number of carboxylic acid groups (broad SMARTS) is 1. The number of rotatable bonds is 4. The van der Waals surface area contributed by atoms with E-state index in [4.69, 9.17) is 9.63 Å². The Kier molecular flexibility index (Phi) is 2.96. The summed E-state index contributed by atoms with van der Waals surface area (Å²) in [7, 11) is 0. The van der Waals surface area contributed by atoms with Crippen molar-refractivity contribution in [3.05, 3.63) is 11.7 Å². The molecule has 0 radical (unpaired) electrons. The lowest BCUT2D eigenvalue weighted by molar-refractivity contribution is -0.137. The van der Waals surface area contributed by atoms with E-state index in [0.29, 0.717) is 18.1 Å². The average molecular weight is 211 g/mol. The summed E-state index contributed by atoms with van der Waals surface area (Å²) in [5.74, 6) is 0.555. The molecule has 0 saturated carbocycles. The van der Waals surface area contributed by atoms with Gasteiger partial charge in [-0.3, -0.25) is 4.79 Å². The first kappa shape index (κ1) is 10.1. The Hall–Kier alpha value is -1.43. The molecule has 0 spiro atoms. The molecule has 1 aromatic heterocycles. The molecule has 82 valence electrons. The van der Waals surface area contributed by atoms with Crippen LogP contribution in [0.1, 0.15) is 30.5 Å². The van der Waals surface area contributed by atoms with E-state index in [1.165, 1.54) is 0 Å². The largest absolute Gasteiger partial charge is 0.481 e. The number of aryl methyl sites for hydroxylation is 1. The van der Waals surface area contributed by atoms with Crippen molar-refractivity contribution < 1.29 is 14.4 Å². The number of aliphatic carboxylic acids is 1. The summed E-state index contributed by atoms with van der Waals surface area (Å²) in [5, 5.41) is 15.5. The third-order valence-electron chi connectivity index (χ3n) is 2.46. The van der Waals surface area contributed by atoms with Crippen LogP contribution in [0.25, 0.3) is 0 Å². The standard InChI is InChI=1S/C9H13N3O3/c13-8(14)2-1-7-11-9(15-12-7)6-3-4-10-5-6/h6,10H,1-5H2,(H,13,14). The Labute approximate surface area is 86.7 Å². The predicted molar refractivity (Wildman–Crippen MR) is 50.5 cm³/mol. The van der Waals surface area contributed by atoms with E-state index in [1.54, 1.807) is 0 Å². The van der Waals surface area contributed by atoms with Crippen molar-refractivity contribution in [2.24, 2.45) is 0 Å². The Balaban J connectivity index is 1.94. The Morgan fingerprint density at radius 3 is 3.20 bits per heavy atom. The molecule has 0 amide bonds. The lowest BCUT2D eigenvalue weighted by Crippen LogP contribution is -2.08. The van der Waals surface area contributed by atoms with Crippen molar-refractivity contribution in [2.75, 3.05) is 13.1 Å². The van der Waals surface area contributed by atoms with E-state index >= 15 is 0 Å². The first-order valence-electron chi connectivity index (χ1n) is 5.00. The van der Waals surface area contributed by atoms with Crippen molar-refractivity contribution in [1.29, 1.82) is 0 Å². The summed E-state index contributed by atoms with van der Waals surface area (Å²) in [6, 6.07) is 0. The number of hydrogen-bond donors (Lipinski definition) is 2. The lowest BCUT2D eigenvalue weighted by Gasteiger charge is -1.98. The van der Waals surface area contributed by atoms with Crippen molar-refractivity contribution in [2.45, 2.75) is 25.2 Å². The second kappa shape index (κ2) is 4.39. The minimum absolute atomic E-state index is 0.0435. The summed E-state index contributed by atoms with van der Waals surface area (Å²) >= 11 is 0. The summed E-state index contributed by atoms with van der Waals surface area (Å²) in [5.41, 5.74) is 0. The normalized spacial score (nSPS) is 20.7. The van der Waals surface area contributed by atoms with E-state index in [-0.39, 0.29) is 12.3 Å². The van der Waals surface area contributed by atoms with Gasteiger partial charge in [-0.25, -0.2) is 0 Å². The number of nitrogens with one attached hydrogen (secondary N) is 1. The maximum Gasteiger partial charge on any atom is 0.303 e. The molecule has 15 heavy (non-hydrogen) atoms. The average Bonchev–Trinajstić information content (AvgIpc) is 2.85. The van der Waals surface area contributed by atoms with Crippen molar-refractivity contribution in [1.82, 2.24) is 15.5 Å². The van der Waals surface area contributed by atoms with Gasteiger partial charge in [-0.15, -0.1) is 0 Å². The van der Waals surface area contributed by atoms with Gasteiger partial charge in [0.25, 0.3) is 0 Å². The van der Waals surface area contributed by atoms with Gasteiger partial charge in [0, 0.05) is 13.0 Å². The van der Waals surface area contributed by atoms with Gasteiger partial charge in [-0.05, 0) is 13.0 Å². The first-order valence-corrected chi connectivity index (χ1v) is 5.00. The van der Waals surface area contributed by atoms with Crippen molar-refractivity contribution in [3.8, 4) is 0 Å². The van der Waals surface area contributed by atoms with Crippen LogP contribution in [-0.4, -0.2) is 34.3 Å². The molecular formula is C9H13N3O3. The third-order valence-corrected chi connectivity index (χ3v) is 2.46. The molecule has 2 heterocycles. The molecule has 1 saturated heterocycles. The van der Waals surface area contributed by atoms with Gasteiger partial charge in [0.15, 0.2) is 5.82 Å². The molecule has 2 N–H and O–H groups in total. The first-order chi connectivity index (χ1) is 7.25. The second-order valence-electron chi connectivity index (χ2n) is 3.63. The summed E-state index contributed by atoms with van der Waals surface area (Å²) < 4.78 is 5.09. The van der Waals surface area contributed by atoms with Crippen LogP contribution in [0.15, 0.2) is 4.52 Å². The lowest BCUT2D eigenvalue weighted by atomic mass is 10.1. The molecule has 0 aromatic carbocycles. The van der Waals surface area contributed by atoms with Gasteiger partial charge in [0.1, 0.15) is 0 Å². The van der Waals surface area contributed by atoms with Gasteiger partial charge >= 0.3 is 5.97 Å². The molecule has 1 aromatic rings. The van der Waals surface area contributed by atoms with Gasteiger partial charge in [0.2, 0.25) is 5.89 Å². The zero-order valence-electron chi connectivity index (χ0n) is 8.27. The zero-order valence-corrected chi connectivity index (χ0v) is 8.27. The van der Waals surface area contributed by atoms with Gasteiger partial charge in [0.05, 0.1) is 12.3 Å². The van der Waals surface area contributed by atoms with Gasteiger partial charge in [-0.2, -0.15) is 4.98 Å². The van der Waals surface area contributed by atoms with E-state index in [1.807, 2.05) is 0 Å². The number of hydrogen-bond acceptors (Lipinski definition) is 5.